The van der Waals surface area contributed by atoms with Crippen LogP contribution < -0.4 is 21.1 Å². The monoisotopic (exact) mass is 593 g/mol. The summed E-state index contributed by atoms with van der Waals surface area (Å²) in [6, 6.07) is 20.8. The molecule has 3 aromatic carbocycles. The summed E-state index contributed by atoms with van der Waals surface area (Å²) in [6.45, 7) is 9.61. The van der Waals surface area contributed by atoms with Crippen molar-refractivity contribution in [2.75, 3.05) is 28.6 Å². The molecule has 1 amide bonds. The Balaban J connectivity index is 1.35. The number of carboxylic acid groups (broad SMARTS) is 1. The summed E-state index contributed by atoms with van der Waals surface area (Å²) < 4.78 is 1.49. The Morgan fingerprint density at radius 3 is 2.36 bits per heavy atom. The van der Waals surface area contributed by atoms with Crippen molar-refractivity contribution in [1.29, 1.82) is 0 Å². The third-order valence-corrected chi connectivity index (χ3v) is 8.21. The number of amides is 1. The predicted molar refractivity (Wildman–Crippen MR) is 175 cm³/mol. The Labute approximate surface area is 257 Å². The zero-order chi connectivity index (χ0) is 31.6. The number of piperidine rings is 1. The van der Waals surface area contributed by atoms with E-state index in [1.54, 1.807) is 13.2 Å². The number of aliphatic carboxylic acids is 1. The fourth-order valence-corrected chi connectivity index (χ4v) is 5.49. The summed E-state index contributed by atoms with van der Waals surface area (Å²) in [5.74, 6) is -1.15. The van der Waals surface area contributed by atoms with Crippen molar-refractivity contribution in [3.63, 3.8) is 0 Å². The minimum Gasteiger partial charge on any atom is -0.481 e. The molecule has 1 aromatic heterocycles. The molecule has 5 rings (SSSR count). The standard InChI is InChI=1S/C35H39N5O4/c1-22-28(9-6-10-29(22)38-32(41)23-11-13-25(14-12-23)35(2,3)4)30-21-39(5)33(42)31(37-30)36-26-15-17-27(18-16-26)40-19-7-8-24(20-40)34(43)44/h6,9-18,21,24H,7-8,19-20H2,1-5H3,(H,36,37)(H,38,41)(H,43,44). The number of benzene rings is 3. The molecule has 9 heteroatoms. The van der Waals surface area contributed by atoms with E-state index in [1.165, 1.54) is 4.57 Å². The second-order valence-corrected chi connectivity index (χ2v) is 12.4. The van der Waals surface area contributed by atoms with Crippen LogP contribution in [-0.2, 0) is 17.3 Å². The van der Waals surface area contributed by atoms with Crippen molar-refractivity contribution in [2.45, 2.75) is 46.0 Å². The molecule has 0 saturated carbocycles. The van der Waals surface area contributed by atoms with E-state index >= 15 is 0 Å². The smallest absolute Gasteiger partial charge is 0.308 e. The highest BCUT2D eigenvalue weighted by atomic mass is 16.4. The van der Waals surface area contributed by atoms with E-state index in [2.05, 4.69) is 41.3 Å². The lowest BCUT2D eigenvalue weighted by molar-refractivity contribution is -0.141. The summed E-state index contributed by atoms with van der Waals surface area (Å²) >= 11 is 0. The van der Waals surface area contributed by atoms with Crippen molar-refractivity contribution >= 4 is 34.8 Å². The minimum atomic E-state index is -0.760. The van der Waals surface area contributed by atoms with Crippen LogP contribution in [0.4, 0.5) is 22.9 Å². The highest BCUT2D eigenvalue weighted by Gasteiger charge is 2.25. The minimum absolute atomic E-state index is 0.000449. The van der Waals surface area contributed by atoms with Gasteiger partial charge >= 0.3 is 5.97 Å². The number of aromatic nitrogens is 2. The van der Waals surface area contributed by atoms with Gasteiger partial charge < -0.3 is 25.2 Å². The number of carbonyl (C=O) groups excluding carboxylic acids is 1. The highest BCUT2D eigenvalue weighted by Crippen LogP contribution is 2.30. The SMILES string of the molecule is Cc1c(NC(=O)c2ccc(C(C)(C)C)cc2)cccc1-c1cn(C)c(=O)c(Nc2ccc(N3CCCC(C(=O)O)C3)cc2)n1. The van der Waals surface area contributed by atoms with Gasteiger partial charge in [-0.15, -0.1) is 0 Å². The molecule has 44 heavy (non-hydrogen) atoms. The average molecular weight is 594 g/mol. The average Bonchev–Trinajstić information content (AvgIpc) is 3.00. The molecule has 9 nitrogen and oxygen atoms in total. The Hall–Kier alpha value is -4.92. The van der Waals surface area contributed by atoms with E-state index in [4.69, 9.17) is 0 Å². The van der Waals surface area contributed by atoms with Gasteiger partial charge in [-0.3, -0.25) is 14.4 Å². The maximum Gasteiger partial charge on any atom is 0.308 e. The topological polar surface area (TPSA) is 117 Å². The first kappa shape index (κ1) is 30.5. The lowest BCUT2D eigenvalue weighted by Gasteiger charge is -2.32. The Bertz CT molecular complexity index is 1740. The molecule has 1 aliphatic heterocycles. The fraction of sp³-hybridized carbons (Fsp3) is 0.314. The summed E-state index contributed by atoms with van der Waals surface area (Å²) in [6.07, 6.45) is 3.21. The zero-order valence-electron chi connectivity index (χ0n) is 25.8. The van der Waals surface area contributed by atoms with Crippen LogP contribution in [-0.4, -0.2) is 39.6 Å². The molecule has 1 aliphatic rings. The second kappa shape index (κ2) is 12.4. The largest absolute Gasteiger partial charge is 0.481 e. The van der Waals surface area contributed by atoms with E-state index in [0.717, 1.165) is 35.3 Å². The Morgan fingerprint density at radius 1 is 1.00 bits per heavy atom. The van der Waals surface area contributed by atoms with Crippen LogP contribution in [0.25, 0.3) is 11.3 Å². The van der Waals surface area contributed by atoms with Crippen LogP contribution in [0.2, 0.25) is 0 Å². The Kier molecular flexibility index (Phi) is 8.58. The molecular weight excluding hydrogens is 554 g/mol. The van der Waals surface area contributed by atoms with Crippen LogP contribution in [0.3, 0.4) is 0 Å². The van der Waals surface area contributed by atoms with Crippen molar-refractivity contribution in [3.05, 3.63) is 100.0 Å². The van der Waals surface area contributed by atoms with E-state index < -0.39 is 5.97 Å². The van der Waals surface area contributed by atoms with Gasteiger partial charge in [-0.1, -0.05) is 45.0 Å². The molecular formula is C35H39N5O4. The zero-order valence-corrected chi connectivity index (χ0v) is 25.8. The number of nitrogens with one attached hydrogen (secondary N) is 2. The van der Waals surface area contributed by atoms with Gasteiger partial charge in [0.05, 0.1) is 11.6 Å². The second-order valence-electron chi connectivity index (χ2n) is 12.4. The maximum atomic E-state index is 13.1. The van der Waals surface area contributed by atoms with Crippen molar-refractivity contribution in [1.82, 2.24) is 9.55 Å². The number of nitrogens with zero attached hydrogens (tertiary/aromatic N) is 3. The van der Waals surface area contributed by atoms with Crippen LogP contribution >= 0.6 is 0 Å². The summed E-state index contributed by atoms with van der Waals surface area (Å²) in [4.78, 5) is 44.3. The molecule has 0 radical (unpaired) electrons. The third-order valence-electron chi connectivity index (χ3n) is 8.21. The summed E-state index contributed by atoms with van der Waals surface area (Å²) in [7, 11) is 1.68. The van der Waals surface area contributed by atoms with E-state index in [0.29, 0.717) is 35.6 Å². The van der Waals surface area contributed by atoms with Crippen LogP contribution in [0, 0.1) is 12.8 Å². The first-order chi connectivity index (χ1) is 20.9. The molecule has 1 fully saturated rings. The van der Waals surface area contributed by atoms with Crippen LogP contribution in [0.5, 0.6) is 0 Å². The van der Waals surface area contributed by atoms with Crippen molar-refractivity contribution in [2.24, 2.45) is 13.0 Å². The maximum absolute atomic E-state index is 13.1. The normalized spacial score (nSPS) is 15.1. The molecule has 1 atom stereocenters. The van der Waals surface area contributed by atoms with Crippen LogP contribution in [0.15, 0.2) is 77.7 Å². The first-order valence-electron chi connectivity index (χ1n) is 14.8. The van der Waals surface area contributed by atoms with E-state index in [9.17, 15) is 19.5 Å². The van der Waals surface area contributed by atoms with Gasteiger partial charge in [-0.05, 0) is 78.8 Å². The molecule has 0 spiro atoms. The lowest BCUT2D eigenvalue weighted by Crippen LogP contribution is -2.38. The summed E-state index contributed by atoms with van der Waals surface area (Å²) in [5, 5.41) is 15.6. The lowest BCUT2D eigenvalue weighted by atomic mass is 9.86. The third kappa shape index (κ3) is 6.67. The number of aryl methyl sites for hydroxylation is 1. The number of carboxylic acids is 1. The number of carbonyl (C=O) groups is 2. The fourth-order valence-electron chi connectivity index (χ4n) is 5.49. The van der Waals surface area contributed by atoms with Gasteiger partial charge in [0.25, 0.3) is 11.5 Å². The molecule has 228 valence electrons. The number of hydrogen-bond acceptors (Lipinski definition) is 6. The molecule has 2 heterocycles. The molecule has 1 unspecified atom stereocenters. The van der Waals surface area contributed by atoms with Gasteiger partial charge in [-0.25, -0.2) is 4.98 Å². The van der Waals surface area contributed by atoms with Gasteiger partial charge in [0.2, 0.25) is 0 Å². The van der Waals surface area contributed by atoms with E-state index in [-0.39, 0.29) is 28.6 Å². The highest BCUT2D eigenvalue weighted by molar-refractivity contribution is 6.05. The molecule has 3 N–H and O–H groups in total. The van der Waals surface area contributed by atoms with E-state index in [1.807, 2.05) is 73.7 Å². The van der Waals surface area contributed by atoms with Crippen LogP contribution in [0.1, 0.15) is 55.1 Å². The quantitative estimate of drug-likeness (QED) is 0.229. The first-order valence-corrected chi connectivity index (χ1v) is 14.8. The van der Waals surface area contributed by atoms with Crippen molar-refractivity contribution < 1.29 is 14.7 Å². The number of hydrogen-bond donors (Lipinski definition) is 3. The molecule has 4 aromatic rings. The number of anilines is 4. The molecule has 0 aliphatic carbocycles. The number of rotatable bonds is 7. The molecule has 1 saturated heterocycles. The van der Waals surface area contributed by atoms with Gasteiger partial charge in [0.1, 0.15) is 0 Å². The molecule has 0 bridgehead atoms. The van der Waals surface area contributed by atoms with Gasteiger partial charge in [0.15, 0.2) is 5.82 Å². The Morgan fingerprint density at radius 2 is 1.70 bits per heavy atom. The predicted octanol–water partition coefficient (Wildman–Crippen LogP) is 6.35. The van der Waals surface area contributed by atoms with Crippen molar-refractivity contribution in [3.8, 4) is 11.3 Å². The van der Waals surface area contributed by atoms with Gasteiger partial charge in [0, 0.05) is 54.5 Å². The van der Waals surface area contributed by atoms with Gasteiger partial charge in [-0.2, -0.15) is 0 Å². The summed E-state index contributed by atoms with van der Waals surface area (Å²) in [5.41, 5.74) is 5.95.